The molecule has 4 nitrogen and oxygen atoms in total. The predicted molar refractivity (Wildman–Crippen MR) is 58.3 cm³/mol. The summed E-state index contributed by atoms with van der Waals surface area (Å²) < 4.78 is 43.7. The fraction of sp³-hybridized carbons (Fsp3) is 0.909. The molecular weight excluding hydrogens is 251 g/mol. The van der Waals surface area contributed by atoms with Crippen molar-refractivity contribution in [2.75, 3.05) is 32.8 Å². The molecule has 1 rings (SSSR count). The molecule has 1 N–H and O–H groups in total. The summed E-state index contributed by atoms with van der Waals surface area (Å²) in [7, 11) is 0. The van der Waals surface area contributed by atoms with Crippen LogP contribution >= 0.6 is 0 Å². The Balaban J connectivity index is 2.54. The Hall–Kier alpha value is -0.820. The fourth-order valence-electron chi connectivity index (χ4n) is 2.05. The maximum atomic E-state index is 12.8. The predicted octanol–water partition coefficient (Wildman–Crippen LogP) is 1.75. The van der Waals surface area contributed by atoms with Crippen molar-refractivity contribution in [2.45, 2.75) is 25.9 Å². The van der Waals surface area contributed by atoms with E-state index in [9.17, 15) is 18.0 Å². The molecular formula is C11H18F3NO3. The number of aliphatic carboxylic acids is 1. The van der Waals surface area contributed by atoms with E-state index in [1.165, 1.54) is 4.90 Å². The van der Waals surface area contributed by atoms with E-state index in [1.807, 2.05) is 6.92 Å². The highest BCUT2D eigenvalue weighted by molar-refractivity contribution is 5.76. The van der Waals surface area contributed by atoms with Gasteiger partial charge in [-0.25, -0.2) is 0 Å². The van der Waals surface area contributed by atoms with Gasteiger partial charge in [-0.2, -0.15) is 13.2 Å². The van der Waals surface area contributed by atoms with Gasteiger partial charge in [0.2, 0.25) is 0 Å². The first-order chi connectivity index (χ1) is 8.33. The van der Waals surface area contributed by atoms with Crippen molar-refractivity contribution in [3.63, 3.8) is 0 Å². The third-order valence-electron chi connectivity index (χ3n) is 3.20. The van der Waals surface area contributed by atoms with Crippen LogP contribution in [0.5, 0.6) is 0 Å². The number of ether oxygens (including phenoxy) is 1. The molecule has 1 fully saturated rings. The largest absolute Gasteiger partial charge is 0.481 e. The van der Waals surface area contributed by atoms with Gasteiger partial charge in [0.1, 0.15) is 0 Å². The summed E-state index contributed by atoms with van der Waals surface area (Å²) in [5.74, 6) is -1.79. The van der Waals surface area contributed by atoms with E-state index in [-0.39, 0.29) is 13.0 Å². The number of nitrogens with zero attached hydrogens (tertiary/aromatic N) is 1. The van der Waals surface area contributed by atoms with E-state index in [0.29, 0.717) is 19.8 Å². The zero-order valence-corrected chi connectivity index (χ0v) is 10.3. The molecule has 1 saturated heterocycles. The average Bonchev–Trinajstić information content (AvgIpc) is 2.69. The van der Waals surface area contributed by atoms with Crippen LogP contribution in [0.4, 0.5) is 13.2 Å². The van der Waals surface area contributed by atoms with Crippen LogP contribution in [0.1, 0.15) is 19.8 Å². The van der Waals surface area contributed by atoms with Crippen molar-refractivity contribution in [3.8, 4) is 0 Å². The van der Waals surface area contributed by atoms with E-state index in [2.05, 4.69) is 0 Å². The highest BCUT2D eigenvalue weighted by Gasteiger charge is 2.63. The number of halogens is 3. The quantitative estimate of drug-likeness (QED) is 0.746. The summed E-state index contributed by atoms with van der Waals surface area (Å²) in [5.41, 5.74) is -2.61. The Bertz CT molecular complexity index is 296. The van der Waals surface area contributed by atoms with Gasteiger partial charge in [-0.15, -0.1) is 0 Å². The number of likely N-dealkylation sites (tertiary alicyclic amines) is 1. The molecule has 1 atom stereocenters. The normalized spacial score (nSPS) is 25.6. The molecule has 106 valence electrons. The number of carbonyl (C=O) groups is 1. The average molecular weight is 269 g/mol. The van der Waals surface area contributed by atoms with Crippen molar-refractivity contribution in [1.82, 2.24) is 4.90 Å². The standard InChI is InChI=1S/C11H18F3NO3/c1-2-6-18-7-5-15-4-3-10(8-15,9(16)17)11(12,13)14/h2-8H2,1H3,(H,16,17). The molecule has 0 aromatic carbocycles. The molecule has 1 heterocycles. The lowest BCUT2D eigenvalue weighted by molar-refractivity contribution is -0.227. The Morgan fingerprint density at radius 2 is 2.11 bits per heavy atom. The van der Waals surface area contributed by atoms with Gasteiger partial charge in [0.05, 0.1) is 6.61 Å². The highest BCUT2D eigenvalue weighted by atomic mass is 19.4. The van der Waals surface area contributed by atoms with Crippen molar-refractivity contribution in [1.29, 1.82) is 0 Å². The lowest BCUT2D eigenvalue weighted by Gasteiger charge is -2.27. The van der Waals surface area contributed by atoms with Crippen LogP contribution < -0.4 is 0 Å². The molecule has 18 heavy (non-hydrogen) atoms. The second-order valence-electron chi connectivity index (χ2n) is 4.52. The second kappa shape index (κ2) is 5.88. The molecule has 1 aliphatic rings. The first kappa shape index (κ1) is 15.2. The summed E-state index contributed by atoms with van der Waals surface area (Å²) in [6.07, 6.45) is -4.25. The molecule has 0 aromatic heterocycles. The van der Waals surface area contributed by atoms with E-state index < -0.39 is 24.1 Å². The van der Waals surface area contributed by atoms with E-state index in [0.717, 1.165) is 6.42 Å². The highest BCUT2D eigenvalue weighted by Crippen LogP contribution is 2.45. The van der Waals surface area contributed by atoms with E-state index in [4.69, 9.17) is 9.84 Å². The van der Waals surface area contributed by atoms with Gasteiger partial charge in [-0.1, -0.05) is 6.92 Å². The third-order valence-corrected chi connectivity index (χ3v) is 3.20. The van der Waals surface area contributed by atoms with Crippen LogP contribution in [0.3, 0.4) is 0 Å². The van der Waals surface area contributed by atoms with Gasteiger partial charge >= 0.3 is 12.1 Å². The van der Waals surface area contributed by atoms with Crippen LogP contribution in [-0.2, 0) is 9.53 Å². The molecule has 0 aromatic rings. The lowest BCUT2D eigenvalue weighted by atomic mass is 9.86. The van der Waals surface area contributed by atoms with Gasteiger partial charge in [-0.05, 0) is 19.4 Å². The molecule has 0 spiro atoms. The molecule has 1 aliphatic heterocycles. The molecule has 0 aliphatic carbocycles. The van der Waals surface area contributed by atoms with Gasteiger partial charge < -0.3 is 9.84 Å². The summed E-state index contributed by atoms with van der Waals surface area (Å²) >= 11 is 0. The summed E-state index contributed by atoms with van der Waals surface area (Å²) in [6.45, 7) is 2.83. The molecule has 0 saturated carbocycles. The first-order valence-corrected chi connectivity index (χ1v) is 5.93. The van der Waals surface area contributed by atoms with Gasteiger partial charge in [0.25, 0.3) is 0 Å². The Morgan fingerprint density at radius 3 is 2.56 bits per heavy atom. The van der Waals surface area contributed by atoms with Crippen molar-refractivity contribution in [2.24, 2.45) is 5.41 Å². The maximum Gasteiger partial charge on any atom is 0.406 e. The monoisotopic (exact) mass is 269 g/mol. The summed E-state index contributed by atoms with van der Waals surface area (Å²) in [5, 5.41) is 8.85. The Morgan fingerprint density at radius 1 is 1.44 bits per heavy atom. The topological polar surface area (TPSA) is 49.8 Å². The smallest absolute Gasteiger partial charge is 0.406 e. The van der Waals surface area contributed by atoms with E-state index in [1.54, 1.807) is 0 Å². The van der Waals surface area contributed by atoms with Crippen LogP contribution in [0, 0.1) is 5.41 Å². The zero-order valence-electron chi connectivity index (χ0n) is 10.3. The minimum absolute atomic E-state index is 0.140. The molecule has 0 bridgehead atoms. The minimum Gasteiger partial charge on any atom is -0.481 e. The van der Waals surface area contributed by atoms with Crippen LogP contribution in [0.2, 0.25) is 0 Å². The zero-order chi connectivity index (χ0) is 13.8. The maximum absolute atomic E-state index is 12.8. The number of hydrogen-bond acceptors (Lipinski definition) is 3. The second-order valence-corrected chi connectivity index (χ2v) is 4.52. The number of hydrogen-bond donors (Lipinski definition) is 1. The number of rotatable bonds is 6. The fourth-order valence-corrected chi connectivity index (χ4v) is 2.05. The van der Waals surface area contributed by atoms with Gasteiger partial charge in [0.15, 0.2) is 5.41 Å². The van der Waals surface area contributed by atoms with Crippen LogP contribution in [0.25, 0.3) is 0 Å². The van der Waals surface area contributed by atoms with Gasteiger partial charge in [-0.3, -0.25) is 9.69 Å². The van der Waals surface area contributed by atoms with Gasteiger partial charge in [0, 0.05) is 19.7 Å². The number of alkyl halides is 3. The number of carboxylic acids is 1. The number of carboxylic acid groups (broad SMARTS) is 1. The third kappa shape index (κ3) is 3.14. The SMILES string of the molecule is CCCOCCN1CCC(C(=O)O)(C(F)(F)F)C1. The van der Waals surface area contributed by atoms with Crippen LogP contribution in [-0.4, -0.2) is 55.0 Å². The lowest BCUT2D eigenvalue weighted by Crippen LogP contribution is -2.47. The molecule has 0 radical (unpaired) electrons. The van der Waals surface area contributed by atoms with Crippen molar-refractivity contribution in [3.05, 3.63) is 0 Å². The molecule has 7 heteroatoms. The first-order valence-electron chi connectivity index (χ1n) is 5.93. The van der Waals surface area contributed by atoms with Crippen molar-refractivity contribution >= 4 is 5.97 Å². The summed E-state index contributed by atoms with van der Waals surface area (Å²) in [6, 6.07) is 0. The van der Waals surface area contributed by atoms with E-state index >= 15 is 0 Å². The summed E-state index contributed by atoms with van der Waals surface area (Å²) in [4.78, 5) is 12.4. The van der Waals surface area contributed by atoms with Crippen molar-refractivity contribution < 1.29 is 27.8 Å². The van der Waals surface area contributed by atoms with Crippen LogP contribution in [0.15, 0.2) is 0 Å². The Kier molecular flexibility index (Phi) is 4.98. The minimum atomic E-state index is -4.71. The Labute approximate surface area is 104 Å². The molecule has 0 amide bonds. The molecule has 1 unspecified atom stereocenters.